The molecule has 20 heavy (non-hydrogen) atoms. The maximum absolute atomic E-state index is 13.2. The predicted octanol–water partition coefficient (Wildman–Crippen LogP) is 6.10. The third-order valence-electron chi connectivity index (χ3n) is 2.77. The Labute approximate surface area is 130 Å². The average Bonchev–Trinajstić information content (AvgIpc) is 2.34. The van der Waals surface area contributed by atoms with Crippen LogP contribution >= 0.6 is 34.8 Å². The van der Waals surface area contributed by atoms with E-state index in [4.69, 9.17) is 34.8 Å². The van der Waals surface area contributed by atoms with Gasteiger partial charge >= 0.3 is 0 Å². The van der Waals surface area contributed by atoms with Crippen LogP contribution in [-0.2, 0) is 0 Å². The van der Waals surface area contributed by atoms with Crippen molar-refractivity contribution in [1.82, 2.24) is 0 Å². The standard InChI is InChI=1S/C14H10Cl3F2N/c1-7(8-2-9(18)4-10(19)3-8)20-14-6-12(16)11(15)5-13(14)17/h2-7,20H,1H3. The van der Waals surface area contributed by atoms with E-state index >= 15 is 0 Å². The first-order chi connectivity index (χ1) is 9.36. The minimum Gasteiger partial charge on any atom is -0.377 e. The molecule has 0 saturated heterocycles. The van der Waals surface area contributed by atoms with E-state index in [1.807, 2.05) is 0 Å². The van der Waals surface area contributed by atoms with Gasteiger partial charge in [-0.15, -0.1) is 0 Å². The van der Waals surface area contributed by atoms with Crippen LogP contribution < -0.4 is 5.32 Å². The molecule has 0 aliphatic heterocycles. The molecule has 0 bridgehead atoms. The third kappa shape index (κ3) is 3.54. The van der Waals surface area contributed by atoms with Crippen molar-refractivity contribution >= 4 is 40.5 Å². The van der Waals surface area contributed by atoms with E-state index in [1.165, 1.54) is 18.2 Å². The largest absolute Gasteiger partial charge is 0.377 e. The summed E-state index contributed by atoms with van der Waals surface area (Å²) in [5.74, 6) is -1.26. The second-order valence-electron chi connectivity index (χ2n) is 4.31. The molecule has 6 heteroatoms. The quantitative estimate of drug-likeness (QED) is 0.668. The van der Waals surface area contributed by atoms with Crippen molar-refractivity contribution in [1.29, 1.82) is 0 Å². The van der Waals surface area contributed by atoms with Crippen LogP contribution in [0, 0.1) is 11.6 Å². The molecule has 0 fully saturated rings. The van der Waals surface area contributed by atoms with Gasteiger partial charge < -0.3 is 5.32 Å². The number of benzene rings is 2. The molecule has 0 radical (unpaired) electrons. The van der Waals surface area contributed by atoms with Crippen molar-refractivity contribution in [2.45, 2.75) is 13.0 Å². The van der Waals surface area contributed by atoms with E-state index in [1.54, 1.807) is 13.0 Å². The summed E-state index contributed by atoms with van der Waals surface area (Å²) < 4.78 is 26.4. The molecule has 2 aromatic rings. The monoisotopic (exact) mass is 335 g/mol. The predicted molar refractivity (Wildman–Crippen MR) is 79.9 cm³/mol. The second kappa shape index (κ2) is 6.17. The van der Waals surface area contributed by atoms with Crippen LogP contribution in [0.5, 0.6) is 0 Å². The van der Waals surface area contributed by atoms with Gasteiger partial charge in [0.25, 0.3) is 0 Å². The van der Waals surface area contributed by atoms with Crippen molar-refractivity contribution in [2.75, 3.05) is 5.32 Å². The van der Waals surface area contributed by atoms with Gasteiger partial charge in [0, 0.05) is 12.1 Å². The van der Waals surface area contributed by atoms with Crippen molar-refractivity contribution in [3.8, 4) is 0 Å². The lowest BCUT2D eigenvalue weighted by atomic mass is 10.1. The molecule has 2 aromatic carbocycles. The Hall–Kier alpha value is -1.03. The number of rotatable bonds is 3. The zero-order chi connectivity index (χ0) is 14.9. The van der Waals surface area contributed by atoms with Gasteiger partial charge in [-0.25, -0.2) is 8.78 Å². The number of nitrogens with one attached hydrogen (secondary N) is 1. The topological polar surface area (TPSA) is 12.0 Å². The highest BCUT2D eigenvalue weighted by Crippen LogP contribution is 2.34. The number of hydrogen-bond acceptors (Lipinski definition) is 1. The molecule has 1 nitrogen and oxygen atoms in total. The lowest BCUT2D eigenvalue weighted by molar-refractivity contribution is 0.577. The smallest absolute Gasteiger partial charge is 0.126 e. The van der Waals surface area contributed by atoms with Gasteiger partial charge in [-0.3, -0.25) is 0 Å². The Kier molecular flexibility index (Phi) is 4.74. The van der Waals surface area contributed by atoms with Gasteiger partial charge in [0.1, 0.15) is 11.6 Å². The summed E-state index contributed by atoms with van der Waals surface area (Å²) in [5, 5.41) is 4.10. The summed E-state index contributed by atoms with van der Waals surface area (Å²) in [6.07, 6.45) is 0. The average molecular weight is 337 g/mol. The first kappa shape index (κ1) is 15.4. The van der Waals surface area contributed by atoms with Crippen LogP contribution in [0.2, 0.25) is 15.1 Å². The van der Waals surface area contributed by atoms with Gasteiger partial charge in [0.2, 0.25) is 0 Å². The fraction of sp³-hybridized carbons (Fsp3) is 0.143. The van der Waals surface area contributed by atoms with Gasteiger partial charge in [-0.05, 0) is 36.8 Å². The zero-order valence-electron chi connectivity index (χ0n) is 10.4. The van der Waals surface area contributed by atoms with E-state index in [2.05, 4.69) is 5.32 Å². The van der Waals surface area contributed by atoms with Crippen LogP contribution in [0.15, 0.2) is 30.3 Å². The fourth-order valence-electron chi connectivity index (χ4n) is 1.77. The Morgan fingerprint density at radius 2 is 1.40 bits per heavy atom. The van der Waals surface area contributed by atoms with Crippen molar-refractivity contribution in [3.05, 3.63) is 62.6 Å². The molecule has 0 heterocycles. The molecule has 1 atom stereocenters. The molecule has 0 saturated carbocycles. The van der Waals surface area contributed by atoms with E-state index in [9.17, 15) is 8.78 Å². The van der Waals surface area contributed by atoms with Gasteiger partial charge in [0.05, 0.1) is 20.8 Å². The summed E-state index contributed by atoms with van der Waals surface area (Å²) in [4.78, 5) is 0. The molecular weight excluding hydrogens is 327 g/mol. The minimum absolute atomic E-state index is 0.340. The van der Waals surface area contributed by atoms with E-state index in [0.717, 1.165) is 6.07 Å². The molecule has 106 valence electrons. The first-order valence-corrected chi connectivity index (χ1v) is 6.87. The maximum Gasteiger partial charge on any atom is 0.126 e. The Balaban J connectivity index is 2.27. The Morgan fingerprint density at radius 3 is 2.00 bits per heavy atom. The lowest BCUT2D eigenvalue weighted by Gasteiger charge is -2.17. The van der Waals surface area contributed by atoms with Crippen molar-refractivity contribution < 1.29 is 8.78 Å². The van der Waals surface area contributed by atoms with Crippen LogP contribution in [0.4, 0.5) is 14.5 Å². The molecule has 2 rings (SSSR count). The first-order valence-electron chi connectivity index (χ1n) is 5.74. The Morgan fingerprint density at radius 1 is 0.850 bits per heavy atom. The second-order valence-corrected chi connectivity index (χ2v) is 5.54. The Bertz CT molecular complexity index is 626. The number of anilines is 1. The molecule has 0 aromatic heterocycles. The van der Waals surface area contributed by atoms with Crippen molar-refractivity contribution in [2.24, 2.45) is 0 Å². The number of hydrogen-bond donors (Lipinski definition) is 1. The fourth-order valence-corrected chi connectivity index (χ4v) is 2.38. The summed E-state index contributed by atoms with van der Waals surface area (Å²) in [6.45, 7) is 1.76. The normalized spacial score (nSPS) is 12.3. The molecule has 0 amide bonds. The van der Waals surface area contributed by atoms with Crippen LogP contribution in [0.3, 0.4) is 0 Å². The highest BCUT2D eigenvalue weighted by atomic mass is 35.5. The summed E-state index contributed by atoms with van der Waals surface area (Å²) >= 11 is 17.8. The third-order valence-corrected chi connectivity index (χ3v) is 3.80. The van der Waals surface area contributed by atoms with E-state index < -0.39 is 11.6 Å². The molecule has 0 aliphatic rings. The highest BCUT2D eigenvalue weighted by molar-refractivity contribution is 6.44. The van der Waals surface area contributed by atoms with Gasteiger partial charge in [-0.1, -0.05) is 34.8 Å². The van der Waals surface area contributed by atoms with Crippen LogP contribution in [0.1, 0.15) is 18.5 Å². The summed E-state index contributed by atoms with van der Waals surface area (Å²) in [5.41, 5.74) is 1.00. The van der Waals surface area contributed by atoms with Gasteiger partial charge in [0.15, 0.2) is 0 Å². The van der Waals surface area contributed by atoms with Crippen LogP contribution in [-0.4, -0.2) is 0 Å². The van der Waals surface area contributed by atoms with Crippen LogP contribution in [0.25, 0.3) is 0 Å². The highest BCUT2D eigenvalue weighted by Gasteiger charge is 2.12. The van der Waals surface area contributed by atoms with Gasteiger partial charge in [-0.2, -0.15) is 0 Å². The molecule has 1 unspecified atom stereocenters. The molecular formula is C14H10Cl3F2N. The minimum atomic E-state index is -0.631. The zero-order valence-corrected chi connectivity index (χ0v) is 12.6. The maximum atomic E-state index is 13.2. The SMILES string of the molecule is CC(Nc1cc(Cl)c(Cl)cc1Cl)c1cc(F)cc(F)c1. The molecule has 0 spiro atoms. The van der Waals surface area contributed by atoms with Crippen molar-refractivity contribution in [3.63, 3.8) is 0 Å². The summed E-state index contributed by atoms with van der Waals surface area (Å²) in [7, 11) is 0. The lowest BCUT2D eigenvalue weighted by Crippen LogP contribution is -2.08. The molecule has 0 aliphatic carbocycles. The number of halogens is 5. The summed E-state index contributed by atoms with van der Waals surface area (Å²) in [6, 6.07) is 6.06. The van der Waals surface area contributed by atoms with E-state index in [0.29, 0.717) is 26.3 Å². The molecule has 1 N–H and O–H groups in total. The van der Waals surface area contributed by atoms with E-state index in [-0.39, 0.29) is 6.04 Å².